The number of nitro benzene ring substituents is 1. The van der Waals surface area contributed by atoms with Gasteiger partial charge in [0.15, 0.2) is 11.5 Å². The van der Waals surface area contributed by atoms with Crippen LogP contribution in [0.5, 0.6) is 17.2 Å². The van der Waals surface area contributed by atoms with Gasteiger partial charge in [-0.25, -0.2) is 0 Å². The van der Waals surface area contributed by atoms with Crippen molar-refractivity contribution in [2.24, 2.45) is 0 Å². The average Bonchev–Trinajstić information content (AvgIpc) is 2.74. The van der Waals surface area contributed by atoms with Gasteiger partial charge in [-0.1, -0.05) is 18.7 Å². The lowest BCUT2D eigenvalue weighted by molar-refractivity contribution is -0.383. The molecule has 0 unspecified atom stereocenters. The number of fused-ring (bicyclic) bond motifs is 1. The van der Waals surface area contributed by atoms with E-state index in [1.54, 1.807) is 6.92 Å². The third-order valence-corrected chi connectivity index (χ3v) is 4.76. The molecule has 1 amide bonds. The molecule has 2 N–H and O–H groups in total. The van der Waals surface area contributed by atoms with E-state index >= 15 is 0 Å². The lowest BCUT2D eigenvalue weighted by atomic mass is 9.94. The van der Waals surface area contributed by atoms with Crippen molar-refractivity contribution < 1.29 is 24.7 Å². The van der Waals surface area contributed by atoms with Gasteiger partial charge in [-0.2, -0.15) is 0 Å². The van der Waals surface area contributed by atoms with Gasteiger partial charge < -0.3 is 20.3 Å². The van der Waals surface area contributed by atoms with E-state index in [-0.39, 0.29) is 46.0 Å². The van der Waals surface area contributed by atoms with E-state index in [0.717, 1.165) is 0 Å². The number of nitrogens with one attached hydrogen (secondary N) is 1. The van der Waals surface area contributed by atoms with E-state index in [1.807, 2.05) is 6.92 Å². The van der Waals surface area contributed by atoms with Crippen LogP contribution < -0.4 is 15.2 Å². The number of nitro groups is 1. The van der Waals surface area contributed by atoms with Gasteiger partial charge in [0.1, 0.15) is 0 Å². The third kappa shape index (κ3) is 4.50. The van der Waals surface area contributed by atoms with E-state index in [9.17, 15) is 25.1 Å². The maximum atomic E-state index is 13.2. The largest absolute Gasteiger partial charge is 0.871 e. The Labute approximate surface area is 178 Å². The number of phenols is 1. The first-order valence-corrected chi connectivity index (χ1v) is 9.85. The number of ether oxygens (including phenoxy) is 1. The highest BCUT2D eigenvalue weighted by atomic mass is 16.6. The first-order valence-electron chi connectivity index (χ1n) is 9.85. The Hall–Kier alpha value is -3.88. The standard InChI is InChI=1S/C22H23N3O6/c1-3-6-19(27)24-20(13-8-9-17(26)18(11-13)31-4-2)15-12-16(25(29)30)14-7-5-10-23-21(14)22(15)28/h5,7-12,20,26,28H,3-4,6H2,1-2H3,(H,24,27)/p-1/t20-/m0/s1. The molecule has 2 aromatic carbocycles. The minimum absolute atomic E-state index is 0.00971. The molecule has 0 radical (unpaired) electrons. The zero-order valence-corrected chi connectivity index (χ0v) is 17.1. The fourth-order valence-corrected chi connectivity index (χ4v) is 3.37. The predicted molar refractivity (Wildman–Crippen MR) is 112 cm³/mol. The molecule has 9 heteroatoms. The summed E-state index contributed by atoms with van der Waals surface area (Å²) >= 11 is 0. The Morgan fingerprint density at radius 1 is 1.29 bits per heavy atom. The number of pyridine rings is 1. The molecule has 1 aromatic heterocycles. The summed E-state index contributed by atoms with van der Waals surface area (Å²) in [5.41, 5.74) is 0.115. The molecule has 3 aromatic rings. The first kappa shape index (κ1) is 21.8. The summed E-state index contributed by atoms with van der Waals surface area (Å²) in [7, 11) is 0. The Balaban J connectivity index is 2.24. The number of carbonyl (C=O) groups excluding carboxylic acids is 1. The van der Waals surface area contributed by atoms with Crippen LogP contribution in [0.15, 0.2) is 42.6 Å². The normalized spacial score (nSPS) is 11.8. The molecule has 162 valence electrons. The maximum absolute atomic E-state index is 13.2. The van der Waals surface area contributed by atoms with Crippen molar-refractivity contribution in [2.75, 3.05) is 6.61 Å². The number of amides is 1. The molecule has 31 heavy (non-hydrogen) atoms. The zero-order chi connectivity index (χ0) is 22.5. The number of aromatic nitrogens is 1. The topological polar surface area (TPSA) is 138 Å². The molecule has 0 spiro atoms. The van der Waals surface area contributed by atoms with E-state index in [2.05, 4.69) is 10.3 Å². The highest BCUT2D eigenvalue weighted by Gasteiger charge is 2.24. The van der Waals surface area contributed by atoms with Gasteiger partial charge in [-0.3, -0.25) is 19.9 Å². The van der Waals surface area contributed by atoms with E-state index in [0.29, 0.717) is 18.6 Å². The molecular formula is C22H22N3O6-. The Bertz CT molecular complexity index is 1130. The van der Waals surface area contributed by atoms with Crippen molar-refractivity contribution in [1.82, 2.24) is 10.3 Å². The number of phenolic OH excluding ortho intramolecular Hbond substituents is 1. The van der Waals surface area contributed by atoms with Crippen molar-refractivity contribution in [1.29, 1.82) is 0 Å². The van der Waals surface area contributed by atoms with Crippen LogP contribution in [0.1, 0.15) is 43.9 Å². The summed E-state index contributed by atoms with van der Waals surface area (Å²) in [5.74, 6) is -0.760. The molecule has 1 atom stereocenters. The van der Waals surface area contributed by atoms with Crippen LogP contribution in [0.25, 0.3) is 10.9 Å². The number of rotatable bonds is 8. The van der Waals surface area contributed by atoms with Crippen molar-refractivity contribution in [3.05, 3.63) is 63.8 Å². The molecule has 0 fully saturated rings. The monoisotopic (exact) mass is 424 g/mol. The molecule has 1 heterocycles. The van der Waals surface area contributed by atoms with E-state index in [1.165, 1.54) is 42.6 Å². The van der Waals surface area contributed by atoms with Crippen LogP contribution in [-0.4, -0.2) is 27.5 Å². The summed E-state index contributed by atoms with van der Waals surface area (Å²) in [5, 5.41) is 37.8. The minimum atomic E-state index is -0.989. The SMILES string of the molecule is CCCC(=O)N[C@@H](c1ccc(O)c(OCC)c1)c1cc([N+](=O)[O-])c2cccnc2c1[O-]. The second kappa shape index (κ2) is 9.29. The summed E-state index contributed by atoms with van der Waals surface area (Å²) in [6.45, 7) is 3.88. The Morgan fingerprint density at radius 3 is 2.74 bits per heavy atom. The molecule has 0 saturated carbocycles. The third-order valence-electron chi connectivity index (χ3n) is 4.76. The molecule has 0 aliphatic heterocycles. The number of hydrogen-bond donors (Lipinski definition) is 2. The van der Waals surface area contributed by atoms with Gasteiger partial charge in [-0.05, 0) is 48.7 Å². The number of non-ortho nitro benzene ring substituents is 1. The number of nitrogens with zero attached hydrogens (tertiary/aromatic N) is 2. The van der Waals surface area contributed by atoms with Crippen LogP contribution in [0.4, 0.5) is 5.69 Å². The molecule has 0 aliphatic carbocycles. The minimum Gasteiger partial charge on any atom is -0.871 e. The smallest absolute Gasteiger partial charge is 0.279 e. The van der Waals surface area contributed by atoms with Crippen molar-refractivity contribution in [3.63, 3.8) is 0 Å². The summed E-state index contributed by atoms with van der Waals surface area (Å²) in [4.78, 5) is 27.6. The molecular weight excluding hydrogens is 402 g/mol. The van der Waals surface area contributed by atoms with Crippen molar-refractivity contribution in [3.8, 4) is 17.2 Å². The van der Waals surface area contributed by atoms with Crippen LogP contribution in [0.2, 0.25) is 0 Å². The quantitative estimate of drug-likeness (QED) is 0.418. The molecule has 0 saturated heterocycles. The predicted octanol–water partition coefficient (Wildman–Crippen LogP) is 3.33. The maximum Gasteiger partial charge on any atom is 0.279 e. The van der Waals surface area contributed by atoms with Gasteiger partial charge in [0, 0.05) is 18.7 Å². The van der Waals surface area contributed by atoms with Crippen LogP contribution in [0, 0.1) is 10.1 Å². The van der Waals surface area contributed by atoms with Crippen molar-refractivity contribution in [2.45, 2.75) is 32.7 Å². The first-order chi connectivity index (χ1) is 14.9. The van der Waals surface area contributed by atoms with E-state index < -0.39 is 16.7 Å². The van der Waals surface area contributed by atoms with Crippen LogP contribution in [0.3, 0.4) is 0 Å². The highest BCUT2D eigenvalue weighted by molar-refractivity contribution is 5.93. The van der Waals surface area contributed by atoms with Gasteiger partial charge in [0.2, 0.25) is 5.91 Å². The molecule has 9 nitrogen and oxygen atoms in total. The van der Waals surface area contributed by atoms with Gasteiger partial charge in [0.25, 0.3) is 5.69 Å². The molecule has 3 rings (SSSR count). The molecule has 0 bridgehead atoms. The van der Waals surface area contributed by atoms with Crippen LogP contribution in [-0.2, 0) is 4.79 Å². The molecule has 0 aliphatic rings. The van der Waals surface area contributed by atoms with Crippen molar-refractivity contribution >= 4 is 22.5 Å². The number of hydrogen-bond acceptors (Lipinski definition) is 7. The van der Waals surface area contributed by atoms with Crippen LogP contribution >= 0.6 is 0 Å². The Kier molecular flexibility index (Phi) is 6.54. The second-order valence-electron chi connectivity index (χ2n) is 6.88. The average molecular weight is 424 g/mol. The fourth-order valence-electron chi connectivity index (χ4n) is 3.37. The second-order valence-corrected chi connectivity index (χ2v) is 6.88. The number of benzene rings is 2. The fraction of sp³-hybridized carbons (Fsp3) is 0.273. The van der Waals surface area contributed by atoms with E-state index in [4.69, 9.17) is 4.74 Å². The summed E-state index contributed by atoms with van der Waals surface area (Å²) in [6, 6.07) is 7.59. The number of carbonyl (C=O) groups is 1. The summed E-state index contributed by atoms with van der Waals surface area (Å²) < 4.78 is 5.42. The lowest BCUT2D eigenvalue weighted by Gasteiger charge is -2.26. The lowest BCUT2D eigenvalue weighted by Crippen LogP contribution is -2.29. The van der Waals surface area contributed by atoms with Gasteiger partial charge >= 0.3 is 0 Å². The Morgan fingerprint density at radius 2 is 2.06 bits per heavy atom. The van der Waals surface area contributed by atoms with Gasteiger partial charge in [0.05, 0.1) is 28.5 Å². The van der Waals surface area contributed by atoms with Gasteiger partial charge in [-0.15, -0.1) is 0 Å². The summed E-state index contributed by atoms with van der Waals surface area (Å²) in [6.07, 6.45) is 2.19. The zero-order valence-electron chi connectivity index (χ0n) is 17.1. The number of aromatic hydroxyl groups is 1. The highest BCUT2D eigenvalue weighted by Crippen LogP contribution is 2.39.